The molecule has 0 saturated heterocycles. The van der Waals surface area contributed by atoms with E-state index >= 15 is 0 Å². The summed E-state index contributed by atoms with van der Waals surface area (Å²) in [6.45, 7) is 0. The van der Waals surface area contributed by atoms with Gasteiger partial charge in [0.15, 0.2) is 0 Å². The molecule has 6 nitrogen and oxygen atoms in total. The Kier molecular flexibility index (Phi) is 6.08. The SMILES string of the molecule is O=c1[nH]c(=O)n(I)c(=O)n1I.[KH]. The summed E-state index contributed by atoms with van der Waals surface area (Å²) < 4.78 is 1.57. The van der Waals surface area contributed by atoms with E-state index in [2.05, 4.69) is 0 Å². The number of halogens is 2. The van der Waals surface area contributed by atoms with Crippen molar-refractivity contribution in [2.24, 2.45) is 0 Å². The predicted octanol–water partition coefficient (Wildman–Crippen LogP) is -1.55. The summed E-state index contributed by atoms with van der Waals surface area (Å²) in [5, 5.41) is 0. The first-order valence-corrected chi connectivity index (χ1v) is 4.27. The van der Waals surface area contributed by atoms with Gasteiger partial charge in [0.05, 0.1) is 45.7 Å². The van der Waals surface area contributed by atoms with E-state index in [1.165, 1.54) is 45.7 Å². The Morgan fingerprint density at radius 2 is 1.33 bits per heavy atom. The molecule has 0 amide bonds. The Hall–Kier alpha value is 1.51. The van der Waals surface area contributed by atoms with Crippen molar-refractivity contribution in [1.82, 2.24) is 10.5 Å². The van der Waals surface area contributed by atoms with Crippen LogP contribution in [0.5, 0.6) is 0 Å². The summed E-state index contributed by atoms with van der Waals surface area (Å²) in [5.41, 5.74) is -2.08. The molecule has 0 saturated carbocycles. The van der Waals surface area contributed by atoms with Crippen molar-refractivity contribution >= 4 is 97.1 Å². The zero-order valence-electron chi connectivity index (χ0n) is 4.88. The first-order valence-electron chi connectivity index (χ1n) is 2.34. The van der Waals surface area contributed by atoms with E-state index in [1.807, 2.05) is 4.98 Å². The number of hydrogen-bond acceptors (Lipinski definition) is 3. The van der Waals surface area contributed by atoms with Crippen LogP contribution in [0.1, 0.15) is 0 Å². The number of nitrogens with one attached hydrogen (secondary N) is 1. The molecule has 0 aliphatic carbocycles. The van der Waals surface area contributed by atoms with E-state index in [9.17, 15) is 14.4 Å². The van der Waals surface area contributed by atoms with Crippen molar-refractivity contribution in [3.63, 3.8) is 0 Å². The number of hydrogen-bond donors (Lipinski definition) is 1. The Bertz CT molecular complexity index is 408. The summed E-state index contributed by atoms with van der Waals surface area (Å²) in [6, 6.07) is 0. The average molecular weight is 421 g/mol. The Morgan fingerprint density at radius 1 is 1.00 bits per heavy atom. The van der Waals surface area contributed by atoms with Crippen LogP contribution in [0.15, 0.2) is 14.4 Å². The van der Waals surface area contributed by atoms with Gasteiger partial charge in [-0.3, -0.25) is 4.98 Å². The van der Waals surface area contributed by atoms with Gasteiger partial charge in [-0.05, 0) is 0 Å². The van der Waals surface area contributed by atoms with Gasteiger partial charge in [0.25, 0.3) is 0 Å². The second-order valence-corrected chi connectivity index (χ2v) is 3.51. The zero-order valence-corrected chi connectivity index (χ0v) is 9.19. The quantitative estimate of drug-likeness (QED) is 0.407. The maximum absolute atomic E-state index is 10.9. The summed E-state index contributed by atoms with van der Waals surface area (Å²) in [6.07, 6.45) is 0. The summed E-state index contributed by atoms with van der Waals surface area (Å²) in [5.74, 6) is 0. The van der Waals surface area contributed by atoms with Crippen molar-refractivity contribution in [2.45, 2.75) is 0 Å². The van der Waals surface area contributed by atoms with Gasteiger partial charge in [-0.25, -0.2) is 14.4 Å². The van der Waals surface area contributed by atoms with Gasteiger partial charge in [-0.2, -0.15) is 5.56 Å². The van der Waals surface area contributed by atoms with Crippen LogP contribution in [0.25, 0.3) is 0 Å². The van der Waals surface area contributed by atoms with Gasteiger partial charge >= 0.3 is 68.5 Å². The van der Waals surface area contributed by atoms with Gasteiger partial charge < -0.3 is 0 Å². The monoisotopic (exact) mass is 421 g/mol. The molecule has 1 N–H and O–H groups in total. The number of aromatic nitrogens is 3. The van der Waals surface area contributed by atoms with Crippen molar-refractivity contribution < 1.29 is 0 Å². The third kappa shape index (κ3) is 2.75. The zero-order chi connectivity index (χ0) is 8.59. The second kappa shape index (κ2) is 5.40. The normalized spacial score (nSPS) is 9.17. The first kappa shape index (κ1) is 13.5. The molecule has 0 spiro atoms. The van der Waals surface area contributed by atoms with Crippen LogP contribution in [0.2, 0.25) is 0 Å². The number of rotatable bonds is 0. The van der Waals surface area contributed by atoms with Crippen molar-refractivity contribution in [2.75, 3.05) is 0 Å². The van der Waals surface area contributed by atoms with Crippen LogP contribution in [-0.2, 0) is 0 Å². The summed E-state index contributed by atoms with van der Waals surface area (Å²) in [7, 11) is 0. The van der Waals surface area contributed by atoms with Crippen LogP contribution < -0.4 is 17.1 Å². The molecular formula is C3H2I2KN3O3. The maximum atomic E-state index is 10.9. The van der Waals surface area contributed by atoms with Gasteiger partial charge in [0.1, 0.15) is 0 Å². The van der Waals surface area contributed by atoms with E-state index in [0.29, 0.717) is 0 Å². The van der Waals surface area contributed by atoms with Gasteiger partial charge in [0.2, 0.25) is 0 Å². The molecule has 1 rings (SSSR count). The van der Waals surface area contributed by atoms with E-state index in [-0.39, 0.29) is 51.4 Å². The van der Waals surface area contributed by atoms with Crippen LogP contribution in [0.3, 0.4) is 0 Å². The molecule has 1 heterocycles. The number of aromatic amines is 1. The Balaban J connectivity index is 0.00000121. The number of H-pyrrole nitrogens is 1. The summed E-state index contributed by atoms with van der Waals surface area (Å²) >= 11 is 3.01. The molecule has 9 heteroatoms. The van der Waals surface area contributed by atoms with Crippen LogP contribution >= 0.6 is 45.7 Å². The van der Waals surface area contributed by atoms with Gasteiger partial charge in [0, 0.05) is 0 Å². The van der Waals surface area contributed by atoms with Gasteiger partial charge in [-0.1, -0.05) is 0 Å². The fraction of sp³-hybridized carbons (Fsp3) is 0. The first-order chi connectivity index (χ1) is 5.04. The molecular weight excluding hydrogens is 419 g/mol. The van der Waals surface area contributed by atoms with Crippen LogP contribution in [0.4, 0.5) is 0 Å². The molecule has 62 valence electrons. The third-order valence-corrected chi connectivity index (χ3v) is 2.61. The van der Waals surface area contributed by atoms with Gasteiger partial charge in [-0.15, -0.1) is 0 Å². The van der Waals surface area contributed by atoms with E-state index in [0.717, 1.165) is 5.56 Å². The third-order valence-electron chi connectivity index (χ3n) is 0.906. The molecule has 0 unspecified atom stereocenters. The van der Waals surface area contributed by atoms with E-state index in [4.69, 9.17) is 0 Å². The summed E-state index contributed by atoms with van der Waals surface area (Å²) in [4.78, 5) is 34.2. The Labute approximate surface area is 136 Å². The Morgan fingerprint density at radius 3 is 1.67 bits per heavy atom. The van der Waals surface area contributed by atoms with Crippen LogP contribution in [0, 0.1) is 0 Å². The minimum absolute atomic E-state index is 0. The van der Waals surface area contributed by atoms with Crippen molar-refractivity contribution in [3.05, 3.63) is 31.5 Å². The molecule has 1 aromatic rings. The fourth-order valence-corrected chi connectivity index (χ4v) is 1.53. The van der Waals surface area contributed by atoms with Crippen molar-refractivity contribution in [1.29, 1.82) is 0 Å². The van der Waals surface area contributed by atoms with Crippen LogP contribution in [-0.4, -0.2) is 61.9 Å². The molecule has 12 heavy (non-hydrogen) atoms. The number of nitrogens with zero attached hydrogens (tertiary/aromatic N) is 2. The van der Waals surface area contributed by atoms with E-state index in [1.54, 1.807) is 0 Å². The molecule has 0 radical (unpaired) electrons. The van der Waals surface area contributed by atoms with E-state index < -0.39 is 17.1 Å². The molecule has 0 aliphatic rings. The average Bonchev–Trinajstić information content (AvgIpc) is 1.97. The molecule has 0 atom stereocenters. The molecule has 1 aromatic heterocycles. The molecule has 0 bridgehead atoms. The second-order valence-electron chi connectivity index (χ2n) is 1.58. The fourth-order valence-electron chi connectivity index (χ4n) is 0.440. The topological polar surface area (TPSA) is 76.9 Å². The predicted molar refractivity (Wildman–Crippen MR) is 61.6 cm³/mol. The molecule has 0 aliphatic heterocycles. The standard InChI is InChI=1S/C3HI2N3O3.K.H/c4-7-1(9)6-2(10)8(5)3(7)11;;/h(H,6,9,10);;. The van der Waals surface area contributed by atoms with Crippen molar-refractivity contribution in [3.8, 4) is 0 Å². The minimum atomic E-state index is -0.714. The molecule has 0 aromatic carbocycles. The molecule has 0 fully saturated rings.